The highest BCUT2D eigenvalue weighted by Crippen LogP contribution is 2.30. The summed E-state index contributed by atoms with van der Waals surface area (Å²) >= 11 is 6.37. The van der Waals surface area contributed by atoms with E-state index in [0.29, 0.717) is 5.02 Å². The molecule has 0 bridgehead atoms. The van der Waals surface area contributed by atoms with Crippen LogP contribution in [-0.4, -0.2) is 16.8 Å². The second-order valence-corrected chi connectivity index (χ2v) is 5.97. The molecule has 0 fully saturated rings. The number of rotatable bonds is 4. The Bertz CT molecular complexity index is 582. The third-order valence-electron chi connectivity index (χ3n) is 3.42. The van der Waals surface area contributed by atoms with E-state index in [4.69, 9.17) is 11.6 Å². The summed E-state index contributed by atoms with van der Waals surface area (Å²) in [7, 11) is 1.95. The molecule has 0 saturated heterocycles. The molecular formula is C16H22ClN3. The fourth-order valence-corrected chi connectivity index (χ4v) is 2.91. The van der Waals surface area contributed by atoms with Gasteiger partial charge in [0.05, 0.1) is 23.0 Å². The third-order valence-corrected chi connectivity index (χ3v) is 3.71. The van der Waals surface area contributed by atoms with Gasteiger partial charge in [0.2, 0.25) is 0 Å². The molecule has 1 N–H and O–H groups in total. The minimum atomic E-state index is 0.0472. The third kappa shape index (κ3) is 2.89. The van der Waals surface area contributed by atoms with Crippen LogP contribution < -0.4 is 5.32 Å². The largest absolute Gasteiger partial charge is 0.308 e. The predicted octanol–water partition coefficient (Wildman–Crippen LogP) is 4.04. The molecule has 2 aromatic rings. The van der Waals surface area contributed by atoms with Crippen LogP contribution in [-0.2, 0) is 0 Å². The zero-order chi connectivity index (χ0) is 14.9. The van der Waals surface area contributed by atoms with E-state index in [1.54, 1.807) is 6.20 Å². The highest BCUT2D eigenvalue weighted by molar-refractivity contribution is 6.31. The predicted molar refractivity (Wildman–Crippen MR) is 84.4 cm³/mol. The zero-order valence-electron chi connectivity index (χ0n) is 12.7. The molecule has 0 spiro atoms. The number of hydrogen-bond donors (Lipinski definition) is 1. The van der Waals surface area contributed by atoms with Crippen LogP contribution >= 0.6 is 11.6 Å². The lowest BCUT2D eigenvalue weighted by molar-refractivity contribution is 0.484. The van der Waals surface area contributed by atoms with Crippen molar-refractivity contribution >= 4 is 11.6 Å². The fourth-order valence-electron chi connectivity index (χ4n) is 2.67. The van der Waals surface area contributed by atoms with Crippen molar-refractivity contribution in [2.24, 2.45) is 0 Å². The summed E-state index contributed by atoms with van der Waals surface area (Å²) in [6.45, 7) is 8.46. The summed E-state index contributed by atoms with van der Waals surface area (Å²) in [5, 5.41) is 8.47. The van der Waals surface area contributed by atoms with Gasteiger partial charge in [-0.1, -0.05) is 40.9 Å². The first-order valence-corrected chi connectivity index (χ1v) is 7.30. The number of hydrogen-bond acceptors (Lipinski definition) is 2. The molecule has 0 aliphatic rings. The van der Waals surface area contributed by atoms with E-state index in [1.165, 1.54) is 16.7 Å². The molecule has 0 aliphatic heterocycles. The van der Waals surface area contributed by atoms with Crippen LogP contribution in [0.3, 0.4) is 0 Å². The van der Waals surface area contributed by atoms with E-state index < -0.39 is 0 Å². The van der Waals surface area contributed by atoms with Crippen molar-refractivity contribution in [1.82, 2.24) is 15.1 Å². The lowest BCUT2D eigenvalue weighted by atomic mass is 9.99. The van der Waals surface area contributed by atoms with Gasteiger partial charge in [0, 0.05) is 6.04 Å². The van der Waals surface area contributed by atoms with Gasteiger partial charge in [-0.2, -0.15) is 5.10 Å². The molecular weight excluding hydrogens is 270 g/mol. The van der Waals surface area contributed by atoms with Gasteiger partial charge in [0.25, 0.3) is 0 Å². The molecule has 2 rings (SSSR count). The van der Waals surface area contributed by atoms with Crippen LogP contribution in [0.5, 0.6) is 0 Å². The second-order valence-electron chi connectivity index (χ2n) is 5.56. The Balaban J connectivity index is 2.55. The van der Waals surface area contributed by atoms with Gasteiger partial charge in [-0.25, -0.2) is 0 Å². The molecule has 0 aliphatic carbocycles. The maximum Gasteiger partial charge on any atom is 0.0837 e. The smallest absolute Gasteiger partial charge is 0.0837 e. The number of aryl methyl sites for hydroxylation is 2. The Morgan fingerprint density at radius 2 is 1.75 bits per heavy atom. The number of halogens is 1. The zero-order valence-corrected chi connectivity index (χ0v) is 13.5. The summed E-state index contributed by atoms with van der Waals surface area (Å²) in [6.07, 6.45) is 1.73. The van der Waals surface area contributed by atoms with Crippen LogP contribution in [0.4, 0.5) is 0 Å². The van der Waals surface area contributed by atoms with E-state index in [1.807, 2.05) is 11.7 Å². The molecule has 1 heterocycles. The Labute approximate surface area is 126 Å². The molecule has 108 valence electrons. The van der Waals surface area contributed by atoms with Crippen molar-refractivity contribution in [3.63, 3.8) is 0 Å². The lowest BCUT2D eigenvalue weighted by Crippen LogP contribution is -2.23. The fraction of sp³-hybridized carbons (Fsp3) is 0.438. The number of nitrogens with zero attached hydrogens (tertiary/aromatic N) is 2. The maximum atomic E-state index is 6.37. The van der Waals surface area contributed by atoms with E-state index in [2.05, 4.69) is 56.3 Å². The van der Waals surface area contributed by atoms with Crippen LogP contribution in [0, 0.1) is 13.8 Å². The number of nitrogens with one attached hydrogen (secondary N) is 1. The average Bonchev–Trinajstić information content (AvgIpc) is 2.72. The Hall–Kier alpha value is -1.32. The molecule has 1 atom stereocenters. The monoisotopic (exact) mass is 291 g/mol. The van der Waals surface area contributed by atoms with Crippen molar-refractivity contribution < 1.29 is 0 Å². The Morgan fingerprint density at radius 1 is 1.15 bits per heavy atom. The van der Waals surface area contributed by atoms with Gasteiger partial charge < -0.3 is 5.32 Å². The molecule has 1 aromatic heterocycles. The van der Waals surface area contributed by atoms with Crippen LogP contribution in [0.25, 0.3) is 0 Å². The number of benzene rings is 1. The van der Waals surface area contributed by atoms with Gasteiger partial charge in [-0.3, -0.25) is 4.68 Å². The molecule has 0 radical (unpaired) electrons. The number of aromatic nitrogens is 2. The minimum Gasteiger partial charge on any atom is -0.308 e. The summed E-state index contributed by atoms with van der Waals surface area (Å²) in [5.41, 5.74) is 4.75. The Morgan fingerprint density at radius 3 is 2.25 bits per heavy atom. The van der Waals surface area contributed by atoms with Crippen LogP contribution in [0.2, 0.25) is 5.02 Å². The summed E-state index contributed by atoms with van der Waals surface area (Å²) < 4.78 is 1.99. The van der Waals surface area contributed by atoms with E-state index in [-0.39, 0.29) is 12.1 Å². The molecule has 1 unspecified atom stereocenters. The van der Waals surface area contributed by atoms with Crippen molar-refractivity contribution in [3.05, 3.63) is 51.8 Å². The summed E-state index contributed by atoms with van der Waals surface area (Å²) in [5.74, 6) is 0. The SMILES string of the molecule is CNC(c1cc(C)cc(C)c1)c1c(Cl)cnn1C(C)C. The van der Waals surface area contributed by atoms with Crippen LogP contribution in [0.1, 0.15) is 48.3 Å². The summed E-state index contributed by atoms with van der Waals surface area (Å²) in [4.78, 5) is 0. The van der Waals surface area contributed by atoms with Gasteiger partial charge in [-0.05, 0) is 40.3 Å². The van der Waals surface area contributed by atoms with Crippen molar-refractivity contribution in [1.29, 1.82) is 0 Å². The normalized spacial score (nSPS) is 12.9. The first-order valence-electron chi connectivity index (χ1n) is 6.92. The van der Waals surface area contributed by atoms with Gasteiger partial charge >= 0.3 is 0 Å². The molecule has 1 aromatic carbocycles. The van der Waals surface area contributed by atoms with Crippen LogP contribution in [0.15, 0.2) is 24.4 Å². The standard InChI is InChI=1S/C16H22ClN3/c1-10(2)20-16(14(17)9-19-20)15(18-5)13-7-11(3)6-12(4)8-13/h6-10,15,18H,1-5H3. The average molecular weight is 292 g/mol. The molecule has 20 heavy (non-hydrogen) atoms. The molecule has 4 heteroatoms. The maximum absolute atomic E-state index is 6.37. The van der Waals surface area contributed by atoms with Gasteiger partial charge in [-0.15, -0.1) is 0 Å². The first kappa shape index (κ1) is 15.1. The lowest BCUT2D eigenvalue weighted by Gasteiger charge is -2.21. The highest BCUT2D eigenvalue weighted by atomic mass is 35.5. The molecule has 0 saturated carbocycles. The van der Waals surface area contributed by atoms with Crippen molar-refractivity contribution in [3.8, 4) is 0 Å². The highest BCUT2D eigenvalue weighted by Gasteiger charge is 2.22. The van der Waals surface area contributed by atoms with Crippen molar-refractivity contribution in [2.75, 3.05) is 7.05 Å². The van der Waals surface area contributed by atoms with E-state index >= 15 is 0 Å². The molecule has 3 nitrogen and oxygen atoms in total. The van der Waals surface area contributed by atoms with E-state index in [9.17, 15) is 0 Å². The molecule has 0 amide bonds. The van der Waals surface area contributed by atoms with Gasteiger partial charge in [0.15, 0.2) is 0 Å². The summed E-state index contributed by atoms with van der Waals surface area (Å²) in [6, 6.07) is 6.90. The quantitative estimate of drug-likeness (QED) is 0.921. The van der Waals surface area contributed by atoms with Gasteiger partial charge in [0.1, 0.15) is 0 Å². The topological polar surface area (TPSA) is 29.9 Å². The first-order chi connectivity index (χ1) is 9.43. The second kappa shape index (κ2) is 5.98. The Kier molecular flexibility index (Phi) is 4.51. The van der Waals surface area contributed by atoms with Crippen molar-refractivity contribution in [2.45, 2.75) is 39.8 Å². The minimum absolute atomic E-state index is 0.0472. The van der Waals surface area contributed by atoms with E-state index in [0.717, 1.165) is 5.69 Å².